The first-order chi connectivity index (χ1) is 8.66. The number of carboxylic acids is 1. The lowest BCUT2D eigenvalue weighted by Crippen LogP contribution is -2.22. The minimum absolute atomic E-state index is 0.113. The van der Waals surface area contributed by atoms with E-state index >= 15 is 0 Å². The zero-order chi connectivity index (χ0) is 15.5. The molecule has 1 unspecified atom stereocenters. The summed E-state index contributed by atoms with van der Waals surface area (Å²) in [4.78, 5) is 19.7. The number of nitrogens with two attached hydrogens (primary N) is 1. The number of rotatable bonds is 7. The highest BCUT2D eigenvalue weighted by molar-refractivity contribution is 5.76. The van der Waals surface area contributed by atoms with Crippen LogP contribution in [0.3, 0.4) is 0 Å². The molecule has 0 aromatic rings. The van der Waals surface area contributed by atoms with Gasteiger partial charge in [0.25, 0.3) is 0 Å². The van der Waals surface area contributed by atoms with Gasteiger partial charge in [0.15, 0.2) is 0 Å². The van der Waals surface area contributed by atoms with E-state index in [0.717, 1.165) is 19.3 Å². The number of amides is 1. The molecule has 0 heterocycles. The standard InChI is InChI=1S/C10H21NO.C2HF3O2/c1-3-5-6-7-8-9(4-2)10(11)12;3-2(4,5)1(6)7/h9H,3-8H2,1-2H3,(H2,11,12);(H,6,7). The van der Waals surface area contributed by atoms with Crippen LogP contribution in [0.5, 0.6) is 0 Å². The van der Waals surface area contributed by atoms with E-state index in [1.54, 1.807) is 0 Å². The molecule has 0 aliphatic carbocycles. The van der Waals surface area contributed by atoms with Gasteiger partial charge >= 0.3 is 12.1 Å². The van der Waals surface area contributed by atoms with E-state index in [4.69, 9.17) is 15.6 Å². The zero-order valence-electron chi connectivity index (χ0n) is 11.3. The predicted molar refractivity (Wildman–Crippen MR) is 65.4 cm³/mol. The van der Waals surface area contributed by atoms with Crippen LogP contribution in [0.25, 0.3) is 0 Å². The Hall–Kier alpha value is -1.27. The van der Waals surface area contributed by atoms with Gasteiger partial charge in [-0.2, -0.15) is 13.2 Å². The average Bonchev–Trinajstić information content (AvgIpc) is 2.28. The second kappa shape index (κ2) is 10.6. The van der Waals surface area contributed by atoms with Gasteiger partial charge in [0, 0.05) is 5.92 Å². The molecule has 19 heavy (non-hydrogen) atoms. The molecule has 0 rings (SSSR count). The van der Waals surface area contributed by atoms with Gasteiger partial charge in [-0.1, -0.05) is 39.5 Å². The van der Waals surface area contributed by atoms with Crippen molar-refractivity contribution < 1.29 is 27.9 Å². The first-order valence-corrected chi connectivity index (χ1v) is 6.26. The van der Waals surface area contributed by atoms with Gasteiger partial charge in [0.2, 0.25) is 5.91 Å². The number of aliphatic carboxylic acids is 1. The SMILES string of the molecule is CCCCCCC(CC)C(N)=O.O=C(O)C(F)(F)F. The number of primary amides is 1. The van der Waals surface area contributed by atoms with Crippen molar-refractivity contribution in [3.63, 3.8) is 0 Å². The van der Waals surface area contributed by atoms with E-state index < -0.39 is 12.1 Å². The predicted octanol–water partition coefficient (Wildman–Crippen LogP) is 3.10. The molecular weight excluding hydrogens is 263 g/mol. The van der Waals surface area contributed by atoms with Gasteiger partial charge in [-0.25, -0.2) is 4.79 Å². The molecule has 0 fully saturated rings. The smallest absolute Gasteiger partial charge is 0.475 e. The van der Waals surface area contributed by atoms with Gasteiger partial charge in [-0.05, 0) is 12.8 Å². The van der Waals surface area contributed by atoms with Gasteiger partial charge < -0.3 is 10.8 Å². The Morgan fingerprint density at radius 1 is 1.16 bits per heavy atom. The molecule has 0 bridgehead atoms. The van der Waals surface area contributed by atoms with Crippen molar-refractivity contribution >= 4 is 11.9 Å². The van der Waals surface area contributed by atoms with E-state index in [1.807, 2.05) is 6.92 Å². The van der Waals surface area contributed by atoms with Crippen LogP contribution >= 0.6 is 0 Å². The summed E-state index contributed by atoms with van der Waals surface area (Å²) in [5.41, 5.74) is 5.22. The fraction of sp³-hybridized carbons (Fsp3) is 0.833. The minimum atomic E-state index is -5.08. The molecule has 0 aromatic carbocycles. The van der Waals surface area contributed by atoms with Crippen LogP contribution < -0.4 is 5.73 Å². The number of hydrogen-bond donors (Lipinski definition) is 2. The minimum Gasteiger partial charge on any atom is -0.475 e. The zero-order valence-corrected chi connectivity index (χ0v) is 11.3. The number of unbranched alkanes of at least 4 members (excludes halogenated alkanes) is 3. The van der Waals surface area contributed by atoms with Gasteiger partial charge in [0.05, 0.1) is 0 Å². The van der Waals surface area contributed by atoms with E-state index in [-0.39, 0.29) is 11.8 Å². The summed E-state index contributed by atoms with van der Waals surface area (Å²) < 4.78 is 31.7. The maximum atomic E-state index is 10.8. The van der Waals surface area contributed by atoms with Crippen LogP contribution in [-0.2, 0) is 9.59 Å². The van der Waals surface area contributed by atoms with E-state index in [2.05, 4.69) is 6.92 Å². The third kappa shape index (κ3) is 13.0. The fourth-order valence-electron chi connectivity index (χ4n) is 1.37. The molecule has 0 aliphatic heterocycles. The second-order valence-corrected chi connectivity index (χ2v) is 4.16. The molecule has 0 saturated carbocycles. The van der Waals surface area contributed by atoms with E-state index in [0.29, 0.717) is 0 Å². The van der Waals surface area contributed by atoms with E-state index in [1.165, 1.54) is 19.3 Å². The Morgan fingerprint density at radius 2 is 1.63 bits per heavy atom. The summed E-state index contributed by atoms with van der Waals surface area (Å²) in [6, 6.07) is 0. The average molecular weight is 285 g/mol. The molecule has 3 N–H and O–H groups in total. The number of halogens is 3. The number of carbonyl (C=O) groups is 2. The van der Waals surface area contributed by atoms with Crippen molar-refractivity contribution in [3.05, 3.63) is 0 Å². The summed E-state index contributed by atoms with van der Waals surface area (Å²) in [6.07, 6.45) is 1.69. The largest absolute Gasteiger partial charge is 0.490 e. The summed E-state index contributed by atoms with van der Waals surface area (Å²) >= 11 is 0. The highest BCUT2D eigenvalue weighted by atomic mass is 19.4. The first kappa shape index (κ1) is 20.1. The fourth-order valence-corrected chi connectivity index (χ4v) is 1.37. The summed E-state index contributed by atoms with van der Waals surface area (Å²) in [6.45, 7) is 4.21. The summed E-state index contributed by atoms with van der Waals surface area (Å²) in [7, 11) is 0. The maximum absolute atomic E-state index is 10.8. The number of alkyl halides is 3. The van der Waals surface area contributed by atoms with E-state index in [9.17, 15) is 18.0 Å². The van der Waals surface area contributed by atoms with Crippen LogP contribution in [-0.4, -0.2) is 23.2 Å². The molecule has 0 saturated heterocycles. The molecule has 0 aliphatic rings. The third-order valence-electron chi connectivity index (χ3n) is 2.54. The molecular formula is C12H22F3NO3. The van der Waals surface area contributed by atoms with Crippen molar-refractivity contribution in [2.75, 3.05) is 0 Å². The Bertz CT molecular complexity index is 267. The molecule has 4 nitrogen and oxygen atoms in total. The topological polar surface area (TPSA) is 80.4 Å². The Labute approximate surface area is 111 Å². The van der Waals surface area contributed by atoms with Gasteiger partial charge in [0.1, 0.15) is 0 Å². The molecule has 7 heteroatoms. The van der Waals surface area contributed by atoms with Crippen LogP contribution in [0.2, 0.25) is 0 Å². The van der Waals surface area contributed by atoms with Crippen molar-refractivity contribution in [1.29, 1.82) is 0 Å². The highest BCUT2D eigenvalue weighted by Gasteiger charge is 2.38. The third-order valence-corrected chi connectivity index (χ3v) is 2.54. The Balaban J connectivity index is 0. The second-order valence-electron chi connectivity index (χ2n) is 4.16. The lowest BCUT2D eigenvalue weighted by Gasteiger charge is -2.09. The molecule has 0 aromatic heterocycles. The molecule has 0 spiro atoms. The van der Waals surface area contributed by atoms with Crippen molar-refractivity contribution in [2.45, 2.75) is 58.5 Å². The normalized spacial score (nSPS) is 12.3. The van der Waals surface area contributed by atoms with Crippen LogP contribution in [0.4, 0.5) is 13.2 Å². The van der Waals surface area contributed by atoms with Crippen molar-refractivity contribution in [3.8, 4) is 0 Å². The highest BCUT2D eigenvalue weighted by Crippen LogP contribution is 2.13. The summed E-state index contributed by atoms with van der Waals surface area (Å²) in [5, 5.41) is 7.12. The molecule has 1 amide bonds. The molecule has 0 radical (unpaired) electrons. The van der Waals surface area contributed by atoms with Gasteiger partial charge in [-0.15, -0.1) is 0 Å². The number of carboxylic acid groups (broad SMARTS) is 1. The Kier molecular flexibility index (Phi) is 11.2. The Morgan fingerprint density at radius 3 is 1.89 bits per heavy atom. The quantitative estimate of drug-likeness (QED) is 0.705. The number of hydrogen-bond acceptors (Lipinski definition) is 2. The van der Waals surface area contributed by atoms with Crippen LogP contribution in [0.15, 0.2) is 0 Å². The summed E-state index contributed by atoms with van der Waals surface area (Å²) in [5.74, 6) is -2.77. The van der Waals surface area contributed by atoms with Gasteiger partial charge in [-0.3, -0.25) is 4.79 Å². The molecule has 114 valence electrons. The van der Waals surface area contributed by atoms with Crippen LogP contribution in [0.1, 0.15) is 52.4 Å². The lowest BCUT2D eigenvalue weighted by molar-refractivity contribution is -0.192. The number of carbonyl (C=O) groups excluding carboxylic acids is 1. The molecule has 1 atom stereocenters. The van der Waals surface area contributed by atoms with Crippen LogP contribution in [0, 0.1) is 5.92 Å². The van der Waals surface area contributed by atoms with Crippen molar-refractivity contribution in [1.82, 2.24) is 0 Å². The first-order valence-electron chi connectivity index (χ1n) is 6.26. The van der Waals surface area contributed by atoms with Crippen molar-refractivity contribution in [2.24, 2.45) is 11.7 Å². The monoisotopic (exact) mass is 285 g/mol. The maximum Gasteiger partial charge on any atom is 0.490 e. The lowest BCUT2D eigenvalue weighted by atomic mass is 9.98.